The molecule has 5 heteroatoms. The minimum absolute atomic E-state index is 0.0607. The maximum Gasteiger partial charge on any atom is 0.337 e. The standard InChI is InChI=1S/C16H15NO4/c1-10-4-3-5-13(16(19)20)15(10)17-14(18)9-8-12-7-6-11(2)21-12/h3-9H,1-2H3,(H,17,18)(H,19,20)/b9-8+. The minimum atomic E-state index is -1.08. The van der Waals surface area contributed by atoms with Gasteiger partial charge in [0, 0.05) is 6.08 Å². The van der Waals surface area contributed by atoms with Crippen molar-refractivity contribution in [3.63, 3.8) is 0 Å². The highest BCUT2D eigenvalue weighted by Crippen LogP contribution is 2.20. The number of furan rings is 1. The minimum Gasteiger partial charge on any atom is -0.478 e. The number of carbonyl (C=O) groups excluding carboxylic acids is 1. The number of carboxylic acids is 1. The van der Waals surface area contributed by atoms with Crippen molar-refractivity contribution < 1.29 is 19.1 Å². The summed E-state index contributed by atoms with van der Waals surface area (Å²) < 4.78 is 5.31. The lowest BCUT2D eigenvalue weighted by Crippen LogP contribution is -2.13. The van der Waals surface area contributed by atoms with Crippen LogP contribution in [0.5, 0.6) is 0 Å². The number of aryl methyl sites for hydroxylation is 2. The fourth-order valence-electron chi connectivity index (χ4n) is 1.88. The summed E-state index contributed by atoms with van der Waals surface area (Å²) in [5.41, 5.74) is 1.05. The smallest absolute Gasteiger partial charge is 0.337 e. The molecule has 1 amide bonds. The summed E-state index contributed by atoms with van der Waals surface area (Å²) in [4.78, 5) is 23.0. The first kappa shape index (κ1) is 14.6. The molecular weight excluding hydrogens is 270 g/mol. The van der Waals surface area contributed by atoms with E-state index in [1.54, 1.807) is 31.2 Å². The number of nitrogens with one attached hydrogen (secondary N) is 1. The van der Waals surface area contributed by atoms with E-state index in [0.29, 0.717) is 17.0 Å². The van der Waals surface area contributed by atoms with Crippen LogP contribution in [-0.4, -0.2) is 17.0 Å². The molecule has 108 valence electrons. The third-order valence-electron chi connectivity index (χ3n) is 2.91. The molecule has 1 aromatic carbocycles. The number of carbonyl (C=O) groups is 2. The molecule has 0 fully saturated rings. The van der Waals surface area contributed by atoms with E-state index in [-0.39, 0.29) is 5.56 Å². The molecule has 0 aliphatic carbocycles. The summed E-state index contributed by atoms with van der Waals surface area (Å²) in [5, 5.41) is 11.7. The average molecular weight is 285 g/mol. The number of carboxylic acid groups (broad SMARTS) is 1. The molecule has 0 spiro atoms. The van der Waals surface area contributed by atoms with E-state index in [1.807, 2.05) is 6.92 Å². The molecule has 21 heavy (non-hydrogen) atoms. The van der Waals surface area contributed by atoms with Gasteiger partial charge in [-0.15, -0.1) is 0 Å². The first-order valence-electron chi connectivity index (χ1n) is 6.36. The Morgan fingerprint density at radius 1 is 1.19 bits per heavy atom. The first-order chi connectivity index (χ1) is 9.97. The van der Waals surface area contributed by atoms with Crippen LogP contribution in [0.25, 0.3) is 6.08 Å². The van der Waals surface area contributed by atoms with Gasteiger partial charge < -0.3 is 14.8 Å². The third kappa shape index (κ3) is 3.60. The Morgan fingerprint density at radius 3 is 2.57 bits per heavy atom. The fourth-order valence-corrected chi connectivity index (χ4v) is 1.88. The van der Waals surface area contributed by atoms with Gasteiger partial charge in [0.2, 0.25) is 5.91 Å². The second-order valence-electron chi connectivity index (χ2n) is 4.57. The molecule has 2 rings (SSSR count). The lowest BCUT2D eigenvalue weighted by molar-refractivity contribution is -0.111. The van der Waals surface area contributed by atoms with E-state index in [0.717, 1.165) is 5.76 Å². The van der Waals surface area contributed by atoms with Gasteiger partial charge in [0.05, 0.1) is 11.3 Å². The molecule has 0 aliphatic rings. The first-order valence-corrected chi connectivity index (χ1v) is 6.36. The van der Waals surface area contributed by atoms with Crippen LogP contribution in [0.2, 0.25) is 0 Å². The SMILES string of the molecule is Cc1ccc(/C=C/C(=O)Nc2c(C)cccc2C(=O)O)o1. The molecule has 0 saturated carbocycles. The average Bonchev–Trinajstić information content (AvgIpc) is 2.84. The van der Waals surface area contributed by atoms with Gasteiger partial charge in [0.1, 0.15) is 11.5 Å². The van der Waals surface area contributed by atoms with Gasteiger partial charge in [0.15, 0.2) is 0 Å². The van der Waals surface area contributed by atoms with Gasteiger partial charge in [-0.1, -0.05) is 12.1 Å². The molecule has 2 N–H and O–H groups in total. The fraction of sp³-hybridized carbons (Fsp3) is 0.125. The lowest BCUT2D eigenvalue weighted by Gasteiger charge is -2.09. The Kier molecular flexibility index (Phi) is 4.23. The molecule has 0 saturated heterocycles. The zero-order valence-electron chi connectivity index (χ0n) is 11.7. The summed E-state index contributed by atoms with van der Waals surface area (Å²) >= 11 is 0. The van der Waals surface area contributed by atoms with Crippen LogP contribution >= 0.6 is 0 Å². The second kappa shape index (κ2) is 6.09. The van der Waals surface area contributed by atoms with Gasteiger partial charge in [-0.25, -0.2) is 4.79 Å². The molecule has 1 heterocycles. The number of amides is 1. The number of hydrogen-bond acceptors (Lipinski definition) is 3. The number of aromatic carboxylic acids is 1. The van der Waals surface area contributed by atoms with Gasteiger partial charge in [-0.2, -0.15) is 0 Å². The summed E-state index contributed by atoms with van der Waals surface area (Å²) in [7, 11) is 0. The van der Waals surface area contributed by atoms with Gasteiger partial charge >= 0.3 is 5.97 Å². The predicted molar refractivity (Wildman–Crippen MR) is 79.2 cm³/mol. The van der Waals surface area contributed by atoms with Crippen LogP contribution in [0.4, 0.5) is 5.69 Å². The number of rotatable bonds is 4. The van der Waals surface area contributed by atoms with Gasteiger partial charge in [-0.05, 0) is 43.7 Å². The zero-order chi connectivity index (χ0) is 15.4. The number of para-hydroxylation sites is 1. The molecular formula is C16H15NO4. The van der Waals surface area contributed by atoms with Crippen molar-refractivity contribution >= 4 is 23.6 Å². The van der Waals surface area contributed by atoms with Crippen LogP contribution in [0.15, 0.2) is 40.8 Å². The molecule has 1 aromatic heterocycles. The van der Waals surface area contributed by atoms with Crippen LogP contribution < -0.4 is 5.32 Å². The van der Waals surface area contributed by atoms with E-state index in [2.05, 4.69) is 5.32 Å². The summed E-state index contributed by atoms with van der Waals surface area (Å²) in [6.07, 6.45) is 2.83. The molecule has 0 atom stereocenters. The van der Waals surface area contributed by atoms with Crippen molar-refractivity contribution in [1.29, 1.82) is 0 Å². The van der Waals surface area contributed by atoms with Gasteiger partial charge in [-0.3, -0.25) is 4.79 Å². The van der Waals surface area contributed by atoms with Crippen molar-refractivity contribution in [2.24, 2.45) is 0 Å². The monoisotopic (exact) mass is 285 g/mol. The Balaban J connectivity index is 2.16. The molecule has 0 radical (unpaired) electrons. The molecule has 2 aromatic rings. The van der Waals surface area contributed by atoms with E-state index in [4.69, 9.17) is 9.52 Å². The molecule has 0 unspecified atom stereocenters. The van der Waals surface area contributed by atoms with Crippen molar-refractivity contribution in [2.45, 2.75) is 13.8 Å². The Morgan fingerprint density at radius 2 is 1.95 bits per heavy atom. The predicted octanol–water partition coefficient (Wildman–Crippen LogP) is 3.25. The number of anilines is 1. The molecule has 0 bridgehead atoms. The normalized spacial score (nSPS) is 10.8. The third-order valence-corrected chi connectivity index (χ3v) is 2.91. The maximum atomic E-state index is 11.9. The maximum absolute atomic E-state index is 11.9. The highest BCUT2D eigenvalue weighted by atomic mass is 16.4. The van der Waals surface area contributed by atoms with E-state index >= 15 is 0 Å². The highest BCUT2D eigenvalue weighted by Gasteiger charge is 2.13. The summed E-state index contributed by atoms with van der Waals surface area (Å²) in [6, 6.07) is 8.36. The number of hydrogen-bond donors (Lipinski definition) is 2. The van der Waals surface area contributed by atoms with Crippen LogP contribution in [0.3, 0.4) is 0 Å². The number of benzene rings is 1. The van der Waals surface area contributed by atoms with Crippen molar-refractivity contribution in [2.75, 3.05) is 5.32 Å². The second-order valence-corrected chi connectivity index (χ2v) is 4.57. The van der Waals surface area contributed by atoms with E-state index in [1.165, 1.54) is 18.2 Å². The highest BCUT2D eigenvalue weighted by molar-refractivity contribution is 6.06. The van der Waals surface area contributed by atoms with Crippen molar-refractivity contribution in [1.82, 2.24) is 0 Å². The largest absolute Gasteiger partial charge is 0.478 e. The lowest BCUT2D eigenvalue weighted by atomic mass is 10.1. The Hall–Kier alpha value is -2.82. The van der Waals surface area contributed by atoms with Crippen molar-refractivity contribution in [3.8, 4) is 0 Å². The summed E-state index contributed by atoms with van der Waals surface area (Å²) in [5.74, 6) is -0.187. The van der Waals surface area contributed by atoms with E-state index < -0.39 is 11.9 Å². The quantitative estimate of drug-likeness (QED) is 0.845. The Labute approximate surface area is 121 Å². The van der Waals surface area contributed by atoms with Crippen molar-refractivity contribution in [3.05, 3.63) is 59.1 Å². The van der Waals surface area contributed by atoms with E-state index in [9.17, 15) is 9.59 Å². The van der Waals surface area contributed by atoms with Crippen LogP contribution in [-0.2, 0) is 4.79 Å². The van der Waals surface area contributed by atoms with Gasteiger partial charge in [0.25, 0.3) is 0 Å². The topological polar surface area (TPSA) is 79.5 Å². The molecule has 0 aliphatic heterocycles. The van der Waals surface area contributed by atoms with Crippen LogP contribution in [0, 0.1) is 13.8 Å². The Bertz CT molecular complexity index is 713. The summed E-state index contributed by atoms with van der Waals surface area (Å²) in [6.45, 7) is 3.55. The zero-order valence-corrected chi connectivity index (χ0v) is 11.7. The van der Waals surface area contributed by atoms with Crippen LogP contribution in [0.1, 0.15) is 27.4 Å². The molecule has 5 nitrogen and oxygen atoms in total.